The van der Waals surface area contributed by atoms with Gasteiger partial charge in [-0.3, -0.25) is 9.69 Å². The van der Waals surface area contributed by atoms with E-state index in [4.69, 9.17) is 14.2 Å². The third-order valence-corrected chi connectivity index (χ3v) is 6.86. The Bertz CT molecular complexity index is 1110. The molecule has 1 aliphatic heterocycles. The topological polar surface area (TPSA) is 68.2 Å². The SMILES string of the molecule is COc1cc(C(c2ccccc2Br)N2CCCC2C(=O)O)cc(OC)c1OCc1ccccc1. The Morgan fingerprint density at radius 2 is 1.71 bits per heavy atom. The van der Waals surface area contributed by atoms with Crippen LogP contribution < -0.4 is 14.2 Å². The van der Waals surface area contributed by atoms with Gasteiger partial charge in [-0.15, -0.1) is 0 Å². The summed E-state index contributed by atoms with van der Waals surface area (Å²) in [7, 11) is 3.19. The summed E-state index contributed by atoms with van der Waals surface area (Å²) >= 11 is 3.67. The summed E-state index contributed by atoms with van der Waals surface area (Å²) < 4.78 is 18.5. The minimum atomic E-state index is -0.809. The van der Waals surface area contributed by atoms with Gasteiger partial charge in [0.15, 0.2) is 11.5 Å². The highest BCUT2D eigenvalue weighted by atomic mass is 79.9. The zero-order valence-electron chi connectivity index (χ0n) is 19.2. The molecule has 0 amide bonds. The Hall–Kier alpha value is -3.03. The molecule has 1 fully saturated rings. The van der Waals surface area contributed by atoms with Gasteiger partial charge >= 0.3 is 5.97 Å². The molecule has 0 bridgehead atoms. The lowest BCUT2D eigenvalue weighted by atomic mass is 9.95. The fourth-order valence-corrected chi connectivity index (χ4v) is 5.04. The van der Waals surface area contributed by atoms with E-state index in [9.17, 15) is 9.90 Å². The summed E-state index contributed by atoms with van der Waals surface area (Å²) in [5, 5.41) is 9.90. The molecule has 0 aliphatic carbocycles. The Balaban J connectivity index is 1.78. The molecule has 7 heteroatoms. The second-order valence-electron chi connectivity index (χ2n) is 8.19. The van der Waals surface area contributed by atoms with Crippen molar-refractivity contribution in [3.63, 3.8) is 0 Å². The summed E-state index contributed by atoms with van der Waals surface area (Å²) in [5.41, 5.74) is 2.89. The number of aliphatic carboxylic acids is 1. The summed E-state index contributed by atoms with van der Waals surface area (Å²) in [6.45, 7) is 1.05. The van der Waals surface area contributed by atoms with E-state index in [1.54, 1.807) is 14.2 Å². The normalized spacial score (nSPS) is 16.7. The zero-order valence-corrected chi connectivity index (χ0v) is 20.8. The number of benzene rings is 3. The smallest absolute Gasteiger partial charge is 0.320 e. The minimum absolute atomic E-state index is 0.301. The fourth-order valence-electron chi connectivity index (χ4n) is 4.54. The number of hydrogen-bond acceptors (Lipinski definition) is 5. The number of carboxylic acid groups (broad SMARTS) is 1. The van der Waals surface area contributed by atoms with E-state index in [-0.39, 0.29) is 6.04 Å². The van der Waals surface area contributed by atoms with E-state index in [2.05, 4.69) is 15.9 Å². The van der Waals surface area contributed by atoms with Crippen LogP contribution in [0.15, 0.2) is 71.2 Å². The maximum atomic E-state index is 12.1. The minimum Gasteiger partial charge on any atom is -0.493 e. The van der Waals surface area contributed by atoms with Crippen molar-refractivity contribution in [3.05, 3.63) is 87.9 Å². The molecular formula is C27H28BrNO5. The summed E-state index contributed by atoms with van der Waals surface area (Å²) in [4.78, 5) is 14.1. The van der Waals surface area contributed by atoms with Gasteiger partial charge in [-0.2, -0.15) is 0 Å². The number of methoxy groups -OCH3 is 2. The van der Waals surface area contributed by atoms with Crippen molar-refractivity contribution in [2.75, 3.05) is 20.8 Å². The van der Waals surface area contributed by atoms with E-state index < -0.39 is 12.0 Å². The largest absolute Gasteiger partial charge is 0.493 e. The average molecular weight is 526 g/mol. The molecule has 3 aromatic carbocycles. The summed E-state index contributed by atoms with van der Waals surface area (Å²) in [6.07, 6.45) is 1.44. The van der Waals surface area contributed by atoms with Gasteiger partial charge in [0.05, 0.1) is 20.3 Å². The second kappa shape index (κ2) is 10.9. The molecule has 1 N–H and O–H groups in total. The second-order valence-corrected chi connectivity index (χ2v) is 9.04. The number of hydrogen-bond donors (Lipinski definition) is 1. The van der Waals surface area contributed by atoms with Crippen LogP contribution in [0.4, 0.5) is 0 Å². The number of carboxylic acids is 1. The van der Waals surface area contributed by atoms with Crippen molar-refractivity contribution in [2.24, 2.45) is 0 Å². The van der Waals surface area contributed by atoms with Crippen LogP contribution in [0.2, 0.25) is 0 Å². The maximum Gasteiger partial charge on any atom is 0.320 e. The third-order valence-electron chi connectivity index (χ3n) is 6.14. The lowest BCUT2D eigenvalue weighted by Crippen LogP contribution is -2.39. The molecule has 0 radical (unpaired) electrons. The van der Waals surface area contributed by atoms with E-state index in [0.29, 0.717) is 36.8 Å². The van der Waals surface area contributed by atoms with Gasteiger partial charge in [-0.25, -0.2) is 0 Å². The molecule has 4 rings (SSSR count). The van der Waals surface area contributed by atoms with E-state index in [1.165, 1.54) is 0 Å². The highest BCUT2D eigenvalue weighted by Crippen LogP contribution is 2.45. The van der Waals surface area contributed by atoms with Gasteiger partial charge in [0.1, 0.15) is 12.6 Å². The quantitative estimate of drug-likeness (QED) is 0.387. The average Bonchev–Trinajstić information content (AvgIpc) is 3.34. The van der Waals surface area contributed by atoms with Crippen LogP contribution in [0, 0.1) is 0 Å². The van der Waals surface area contributed by atoms with Crippen molar-refractivity contribution >= 4 is 21.9 Å². The Morgan fingerprint density at radius 1 is 1.06 bits per heavy atom. The van der Waals surface area contributed by atoms with Gasteiger partial charge in [0, 0.05) is 11.0 Å². The van der Waals surface area contributed by atoms with E-state index >= 15 is 0 Å². The maximum absolute atomic E-state index is 12.1. The van der Waals surface area contributed by atoms with E-state index in [1.807, 2.05) is 71.6 Å². The van der Waals surface area contributed by atoms with Crippen LogP contribution in [0.1, 0.15) is 35.6 Å². The first kappa shape index (κ1) is 24.1. The Kier molecular flexibility index (Phi) is 7.75. The van der Waals surface area contributed by atoms with Crippen molar-refractivity contribution < 1.29 is 24.1 Å². The molecule has 1 saturated heterocycles. The summed E-state index contributed by atoms with van der Waals surface area (Å²) in [6, 6.07) is 20.8. The highest BCUT2D eigenvalue weighted by molar-refractivity contribution is 9.10. The first-order valence-corrected chi connectivity index (χ1v) is 12.0. The monoisotopic (exact) mass is 525 g/mol. The van der Waals surface area contributed by atoms with Gasteiger partial charge in [-0.1, -0.05) is 64.5 Å². The van der Waals surface area contributed by atoms with Crippen LogP contribution in [0.25, 0.3) is 0 Å². The molecule has 2 unspecified atom stereocenters. The van der Waals surface area contributed by atoms with Crippen LogP contribution in [-0.4, -0.2) is 42.8 Å². The van der Waals surface area contributed by atoms with Crippen molar-refractivity contribution in [2.45, 2.75) is 31.5 Å². The number of rotatable bonds is 9. The Labute approximate surface area is 208 Å². The molecule has 1 heterocycles. The molecule has 34 heavy (non-hydrogen) atoms. The molecule has 0 aromatic heterocycles. The molecule has 2 atom stereocenters. The fraction of sp³-hybridized carbons (Fsp3) is 0.296. The molecule has 3 aromatic rings. The van der Waals surface area contributed by atoms with Gasteiger partial charge in [-0.05, 0) is 47.7 Å². The predicted octanol–water partition coefficient (Wildman–Crippen LogP) is 5.68. The molecule has 0 saturated carbocycles. The lowest BCUT2D eigenvalue weighted by Gasteiger charge is -2.33. The number of likely N-dealkylation sites (tertiary alicyclic amines) is 1. The number of nitrogens with zero attached hydrogens (tertiary/aromatic N) is 1. The van der Waals surface area contributed by atoms with Crippen molar-refractivity contribution in [3.8, 4) is 17.2 Å². The van der Waals surface area contributed by atoms with Crippen LogP contribution >= 0.6 is 15.9 Å². The number of carbonyl (C=O) groups is 1. The van der Waals surface area contributed by atoms with E-state index in [0.717, 1.165) is 27.6 Å². The predicted molar refractivity (Wildman–Crippen MR) is 134 cm³/mol. The highest BCUT2D eigenvalue weighted by Gasteiger charge is 2.38. The molecular weight excluding hydrogens is 498 g/mol. The molecule has 6 nitrogen and oxygen atoms in total. The third kappa shape index (κ3) is 5.05. The number of halogens is 1. The van der Waals surface area contributed by atoms with Gasteiger partial charge in [0.2, 0.25) is 5.75 Å². The van der Waals surface area contributed by atoms with Gasteiger partial charge in [0.25, 0.3) is 0 Å². The number of ether oxygens (including phenoxy) is 3. The van der Waals surface area contributed by atoms with Crippen LogP contribution in [-0.2, 0) is 11.4 Å². The lowest BCUT2D eigenvalue weighted by molar-refractivity contribution is -0.142. The summed E-state index contributed by atoms with van der Waals surface area (Å²) in [5.74, 6) is 0.776. The van der Waals surface area contributed by atoms with Crippen molar-refractivity contribution in [1.82, 2.24) is 4.90 Å². The molecule has 0 spiro atoms. The van der Waals surface area contributed by atoms with Gasteiger partial charge < -0.3 is 19.3 Å². The zero-order chi connectivity index (χ0) is 24.1. The van der Waals surface area contributed by atoms with Crippen LogP contribution in [0.3, 0.4) is 0 Å². The molecule has 178 valence electrons. The first-order valence-electron chi connectivity index (χ1n) is 11.2. The first-order chi connectivity index (χ1) is 16.5. The van der Waals surface area contributed by atoms with Crippen LogP contribution in [0.5, 0.6) is 17.2 Å². The Morgan fingerprint density at radius 3 is 2.32 bits per heavy atom. The van der Waals surface area contributed by atoms with Crippen molar-refractivity contribution in [1.29, 1.82) is 0 Å². The standard InChI is InChI=1S/C27H28BrNO5/c1-32-23-15-19(16-24(33-2)26(23)34-17-18-9-4-3-5-10-18)25(20-11-6-7-12-21(20)28)29-14-8-13-22(29)27(30)31/h3-7,9-12,15-16,22,25H,8,13-14,17H2,1-2H3,(H,30,31). The molecule has 1 aliphatic rings.